The third-order valence-electron chi connectivity index (χ3n) is 3.84. The van der Waals surface area contributed by atoms with Crippen LogP contribution < -0.4 is 5.32 Å². The second-order valence-electron chi connectivity index (χ2n) is 5.59. The standard InChI is InChI=1S/C15H18N2O2S/c1-15(7-3-2-4-8-15)17-13(18)11-10-20-14(16-11)12-6-5-9-19-12/h5-6,9-10H,2-4,7-8H2,1H3,(H,17,18). The number of nitrogens with one attached hydrogen (secondary N) is 1. The molecule has 1 aliphatic carbocycles. The van der Waals surface area contributed by atoms with Crippen LogP contribution in [0.2, 0.25) is 0 Å². The van der Waals surface area contributed by atoms with Gasteiger partial charge in [-0.15, -0.1) is 11.3 Å². The van der Waals surface area contributed by atoms with E-state index in [1.807, 2.05) is 12.1 Å². The third kappa shape index (κ3) is 2.77. The largest absolute Gasteiger partial charge is 0.462 e. The van der Waals surface area contributed by atoms with Crippen molar-refractivity contribution < 1.29 is 9.21 Å². The molecule has 1 fully saturated rings. The first-order valence-electron chi connectivity index (χ1n) is 6.98. The van der Waals surface area contributed by atoms with Gasteiger partial charge in [0.15, 0.2) is 10.8 Å². The Morgan fingerprint density at radius 1 is 1.40 bits per heavy atom. The minimum Gasteiger partial charge on any atom is -0.462 e. The summed E-state index contributed by atoms with van der Waals surface area (Å²) in [5, 5.41) is 5.68. The van der Waals surface area contributed by atoms with E-state index in [1.54, 1.807) is 11.6 Å². The van der Waals surface area contributed by atoms with E-state index in [-0.39, 0.29) is 11.4 Å². The smallest absolute Gasteiger partial charge is 0.271 e. The van der Waals surface area contributed by atoms with E-state index in [9.17, 15) is 4.79 Å². The lowest BCUT2D eigenvalue weighted by Crippen LogP contribution is -2.47. The summed E-state index contributed by atoms with van der Waals surface area (Å²) in [7, 11) is 0. The number of rotatable bonds is 3. The van der Waals surface area contributed by atoms with Crippen LogP contribution in [0.3, 0.4) is 0 Å². The first kappa shape index (κ1) is 13.4. The summed E-state index contributed by atoms with van der Waals surface area (Å²) in [6.45, 7) is 2.13. The van der Waals surface area contributed by atoms with Crippen LogP contribution in [0.1, 0.15) is 49.5 Å². The molecule has 0 aliphatic heterocycles. The number of furan rings is 1. The fourth-order valence-corrected chi connectivity index (χ4v) is 3.45. The number of amides is 1. The maximum absolute atomic E-state index is 12.3. The second-order valence-corrected chi connectivity index (χ2v) is 6.45. The molecule has 3 rings (SSSR count). The van der Waals surface area contributed by atoms with Crippen molar-refractivity contribution in [3.63, 3.8) is 0 Å². The zero-order chi connectivity index (χ0) is 14.0. The summed E-state index contributed by atoms with van der Waals surface area (Å²) in [5.74, 6) is 0.626. The van der Waals surface area contributed by atoms with Gasteiger partial charge in [-0.05, 0) is 31.9 Å². The van der Waals surface area contributed by atoms with Crippen molar-refractivity contribution in [3.05, 3.63) is 29.5 Å². The predicted molar refractivity (Wildman–Crippen MR) is 78.8 cm³/mol. The van der Waals surface area contributed by atoms with E-state index < -0.39 is 0 Å². The van der Waals surface area contributed by atoms with Gasteiger partial charge in [-0.2, -0.15) is 0 Å². The highest BCUT2D eigenvalue weighted by atomic mass is 32.1. The molecule has 5 heteroatoms. The minimum atomic E-state index is -0.0801. The zero-order valence-corrected chi connectivity index (χ0v) is 12.3. The van der Waals surface area contributed by atoms with E-state index in [4.69, 9.17) is 4.42 Å². The Kier molecular flexibility index (Phi) is 3.61. The molecule has 2 aromatic heterocycles. The minimum absolute atomic E-state index is 0.0796. The number of carbonyl (C=O) groups is 1. The summed E-state index contributed by atoms with van der Waals surface area (Å²) < 4.78 is 5.30. The maximum Gasteiger partial charge on any atom is 0.271 e. The Labute approximate surface area is 122 Å². The van der Waals surface area contributed by atoms with E-state index in [0.717, 1.165) is 17.8 Å². The quantitative estimate of drug-likeness (QED) is 0.934. The number of aromatic nitrogens is 1. The van der Waals surface area contributed by atoms with Gasteiger partial charge in [0.05, 0.1) is 6.26 Å². The van der Waals surface area contributed by atoms with Gasteiger partial charge in [0.1, 0.15) is 5.69 Å². The highest BCUT2D eigenvalue weighted by molar-refractivity contribution is 7.13. The Bertz CT molecular complexity index is 583. The molecule has 0 spiro atoms. The average Bonchev–Trinajstić information content (AvgIpc) is 3.10. The van der Waals surface area contributed by atoms with Gasteiger partial charge in [-0.3, -0.25) is 4.79 Å². The van der Waals surface area contributed by atoms with Crippen LogP contribution in [0.15, 0.2) is 28.2 Å². The van der Waals surface area contributed by atoms with E-state index in [1.165, 1.54) is 30.6 Å². The third-order valence-corrected chi connectivity index (χ3v) is 4.70. The molecule has 2 heterocycles. The summed E-state index contributed by atoms with van der Waals surface area (Å²) in [6.07, 6.45) is 7.35. The lowest BCUT2D eigenvalue weighted by Gasteiger charge is -2.34. The van der Waals surface area contributed by atoms with Crippen LogP contribution >= 0.6 is 11.3 Å². The van der Waals surface area contributed by atoms with Crippen LogP contribution in [-0.2, 0) is 0 Å². The SMILES string of the molecule is CC1(NC(=O)c2csc(-c3ccco3)n2)CCCCC1. The zero-order valence-electron chi connectivity index (χ0n) is 11.5. The van der Waals surface area contributed by atoms with Crippen LogP contribution in [0.25, 0.3) is 10.8 Å². The van der Waals surface area contributed by atoms with E-state index in [0.29, 0.717) is 11.5 Å². The van der Waals surface area contributed by atoms with Crippen molar-refractivity contribution in [1.29, 1.82) is 0 Å². The normalized spacial score (nSPS) is 17.9. The van der Waals surface area contributed by atoms with E-state index in [2.05, 4.69) is 17.2 Å². The van der Waals surface area contributed by atoms with Crippen molar-refractivity contribution in [3.8, 4) is 10.8 Å². The topological polar surface area (TPSA) is 55.1 Å². The Balaban J connectivity index is 1.71. The Hall–Kier alpha value is -1.62. The first-order chi connectivity index (χ1) is 9.66. The fourth-order valence-electron chi connectivity index (χ4n) is 2.69. The van der Waals surface area contributed by atoms with Crippen molar-refractivity contribution in [2.75, 3.05) is 0 Å². The molecule has 0 unspecified atom stereocenters. The molecule has 0 bridgehead atoms. The first-order valence-corrected chi connectivity index (χ1v) is 7.86. The highest BCUT2D eigenvalue weighted by Crippen LogP contribution is 2.28. The van der Waals surface area contributed by atoms with Crippen LogP contribution in [0.4, 0.5) is 0 Å². The Morgan fingerprint density at radius 3 is 2.90 bits per heavy atom. The molecular weight excluding hydrogens is 272 g/mol. The number of carbonyl (C=O) groups excluding carboxylic acids is 1. The van der Waals surface area contributed by atoms with Gasteiger partial charge in [0, 0.05) is 10.9 Å². The molecule has 0 radical (unpaired) electrons. The van der Waals surface area contributed by atoms with Gasteiger partial charge in [-0.25, -0.2) is 4.98 Å². The lowest BCUT2D eigenvalue weighted by molar-refractivity contribution is 0.0878. The molecule has 0 atom stereocenters. The predicted octanol–water partition coefficient (Wildman–Crippen LogP) is 3.86. The molecule has 1 amide bonds. The van der Waals surface area contributed by atoms with Gasteiger partial charge < -0.3 is 9.73 Å². The summed E-state index contributed by atoms with van der Waals surface area (Å²) in [4.78, 5) is 16.7. The van der Waals surface area contributed by atoms with Crippen LogP contribution in [-0.4, -0.2) is 16.4 Å². The van der Waals surface area contributed by atoms with Gasteiger partial charge in [0.25, 0.3) is 5.91 Å². The maximum atomic E-state index is 12.3. The highest BCUT2D eigenvalue weighted by Gasteiger charge is 2.29. The fraction of sp³-hybridized carbons (Fsp3) is 0.467. The number of hydrogen-bond donors (Lipinski definition) is 1. The molecule has 0 saturated heterocycles. The molecule has 1 saturated carbocycles. The van der Waals surface area contributed by atoms with Crippen LogP contribution in [0, 0.1) is 0 Å². The average molecular weight is 290 g/mol. The monoisotopic (exact) mass is 290 g/mol. The number of nitrogens with zero attached hydrogens (tertiary/aromatic N) is 1. The van der Waals surface area contributed by atoms with Gasteiger partial charge in [-0.1, -0.05) is 19.3 Å². The summed E-state index contributed by atoms with van der Waals surface area (Å²) in [5.41, 5.74) is 0.400. The van der Waals surface area contributed by atoms with Crippen molar-refractivity contribution >= 4 is 17.2 Å². The van der Waals surface area contributed by atoms with Crippen molar-refractivity contribution in [2.45, 2.75) is 44.6 Å². The molecule has 1 N–H and O–H groups in total. The summed E-state index contributed by atoms with van der Waals surface area (Å²) in [6, 6.07) is 3.67. The molecule has 4 nitrogen and oxygen atoms in total. The molecule has 2 aromatic rings. The molecule has 20 heavy (non-hydrogen) atoms. The summed E-state index contributed by atoms with van der Waals surface area (Å²) >= 11 is 1.43. The van der Waals surface area contributed by atoms with Gasteiger partial charge >= 0.3 is 0 Å². The van der Waals surface area contributed by atoms with Crippen LogP contribution in [0.5, 0.6) is 0 Å². The molecule has 0 aromatic carbocycles. The number of hydrogen-bond acceptors (Lipinski definition) is 4. The van der Waals surface area contributed by atoms with Crippen molar-refractivity contribution in [1.82, 2.24) is 10.3 Å². The number of thiazole rings is 1. The molecule has 1 aliphatic rings. The lowest BCUT2D eigenvalue weighted by atomic mass is 9.83. The molecule has 106 valence electrons. The van der Waals surface area contributed by atoms with Gasteiger partial charge in [0.2, 0.25) is 0 Å². The van der Waals surface area contributed by atoms with Crippen molar-refractivity contribution in [2.24, 2.45) is 0 Å². The molecular formula is C15H18N2O2S. The Morgan fingerprint density at radius 2 is 2.20 bits per heavy atom. The van der Waals surface area contributed by atoms with E-state index >= 15 is 0 Å². The second kappa shape index (κ2) is 5.40.